The topological polar surface area (TPSA) is 79.3 Å². The van der Waals surface area contributed by atoms with Crippen molar-refractivity contribution in [2.24, 2.45) is 0 Å². The van der Waals surface area contributed by atoms with Crippen LogP contribution in [0.4, 0.5) is 0 Å². The largest absolute Gasteiger partial charge is 0.507 e. The van der Waals surface area contributed by atoms with Crippen LogP contribution in [0.5, 0.6) is 11.5 Å². The number of methoxy groups -OCH3 is 1. The molecule has 4 rings (SSSR count). The van der Waals surface area contributed by atoms with Crippen molar-refractivity contribution in [1.82, 2.24) is 9.80 Å². The highest BCUT2D eigenvalue weighted by Crippen LogP contribution is 2.42. The maximum absolute atomic E-state index is 13.4. The minimum atomic E-state index is -0.765. The van der Waals surface area contributed by atoms with Crippen molar-refractivity contribution >= 4 is 17.4 Å². The fourth-order valence-electron chi connectivity index (χ4n) is 4.82. The zero-order chi connectivity index (χ0) is 27.9. The van der Waals surface area contributed by atoms with Gasteiger partial charge in [0.25, 0.3) is 11.7 Å². The molecule has 0 bridgehead atoms. The number of hydrogen-bond donors (Lipinski definition) is 1. The van der Waals surface area contributed by atoms with Crippen LogP contribution in [-0.4, -0.2) is 59.9 Å². The summed E-state index contributed by atoms with van der Waals surface area (Å²) in [5, 5.41) is 11.3. The van der Waals surface area contributed by atoms with Crippen LogP contribution in [0.1, 0.15) is 42.1 Å². The number of nitrogens with zero attached hydrogens (tertiary/aromatic N) is 2. The number of ether oxygens (including phenoxy) is 2. The third kappa shape index (κ3) is 6.15. The van der Waals surface area contributed by atoms with Crippen molar-refractivity contribution in [2.45, 2.75) is 33.4 Å². The van der Waals surface area contributed by atoms with E-state index < -0.39 is 17.7 Å². The van der Waals surface area contributed by atoms with Crippen molar-refractivity contribution in [3.05, 3.63) is 101 Å². The maximum atomic E-state index is 13.4. The molecule has 7 heteroatoms. The Morgan fingerprint density at radius 2 is 1.64 bits per heavy atom. The number of aryl methyl sites for hydroxylation is 1. The number of ketones is 1. The third-order valence-corrected chi connectivity index (χ3v) is 7.16. The van der Waals surface area contributed by atoms with Gasteiger partial charge in [0.2, 0.25) is 0 Å². The Labute approximate surface area is 230 Å². The Kier molecular flexibility index (Phi) is 9.04. The number of benzene rings is 3. The van der Waals surface area contributed by atoms with E-state index in [2.05, 4.69) is 18.7 Å². The molecule has 3 aromatic carbocycles. The second-order valence-electron chi connectivity index (χ2n) is 9.57. The molecular weight excluding hydrogens is 492 g/mol. The second kappa shape index (κ2) is 12.6. The molecule has 1 saturated heterocycles. The number of hydrogen-bond acceptors (Lipinski definition) is 6. The first kappa shape index (κ1) is 27.9. The molecular formula is C32H36N2O5. The van der Waals surface area contributed by atoms with Crippen LogP contribution in [-0.2, 0) is 16.2 Å². The lowest BCUT2D eigenvalue weighted by Gasteiger charge is -2.28. The minimum Gasteiger partial charge on any atom is -0.507 e. The average molecular weight is 529 g/mol. The number of carbonyl (C=O) groups is 2. The Morgan fingerprint density at radius 1 is 0.949 bits per heavy atom. The number of likely N-dealkylation sites (N-methyl/N-ethyl adjacent to an activating group) is 1. The summed E-state index contributed by atoms with van der Waals surface area (Å²) >= 11 is 0. The second-order valence-corrected chi connectivity index (χ2v) is 9.57. The lowest BCUT2D eigenvalue weighted by atomic mass is 9.94. The van der Waals surface area contributed by atoms with E-state index in [9.17, 15) is 14.7 Å². The molecule has 0 aliphatic carbocycles. The van der Waals surface area contributed by atoms with Gasteiger partial charge in [-0.1, -0.05) is 80.1 Å². The molecule has 204 valence electrons. The monoisotopic (exact) mass is 528 g/mol. The molecule has 1 amide bonds. The molecule has 1 aliphatic rings. The fourth-order valence-corrected chi connectivity index (χ4v) is 4.82. The molecule has 1 unspecified atom stereocenters. The van der Waals surface area contributed by atoms with E-state index in [0.29, 0.717) is 42.3 Å². The van der Waals surface area contributed by atoms with Crippen LogP contribution >= 0.6 is 0 Å². The fraction of sp³-hybridized carbons (Fsp3) is 0.312. The van der Waals surface area contributed by atoms with E-state index in [4.69, 9.17) is 9.47 Å². The first-order valence-electron chi connectivity index (χ1n) is 13.3. The average Bonchev–Trinajstić information content (AvgIpc) is 3.22. The Morgan fingerprint density at radius 3 is 2.28 bits per heavy atom. The number of amides is 1. The van der Waals surface area contributed by atoms with Crippen LogP contribution in [0.25, 0.3) is 5.76 Å². The van der Waals surface area contributed by atoms with Gasteiger partial charge < -0.3 is 24.4 Å². The summed E-state index contributed by atoms with van der Waals surface area (Å²) in [6.07, 6.45) is 0. The van der Waals surface area contributed by atoms with Crippen molar-refractivity contribution in [3.63, 3.8) is 0 Å². The van der Waals surface area contributed by atoms with Gasteiger partial charge in [-0.3, -0.25) is 9.59 Å². The summed E-state index contributed by atoms with van der Waals surface area (Å²) in [6.45, 7) is 9.05. The maximum Gasteiger partial charge on any atom is 0.295 e. The van der Waals surface area contributed by atoms with E-state index in [1.165, 1.54) is 0 Å². The lowest BCUT2D eigenvalue weighted by molar-refractivity contribution is -0.140. The van der Waals surface area contributed by atoms with E-state index >= 15 is 0 Å². The molecule has 3 aromatic rings. The SMILES string of the molecule is CCN(CC)CCN1C(=O)C(=O)C(=C(O)c2ccc(C)cc2)C1c1ccc(OCc2ccccc2)c(OC)c1. The first-order valence-corrected chi connectivity index (χ1v) is 13.3. The number of likely N-dealkylation sites (tertiary alicyclic amines) is 1. The molecule has 0 spiro atoms. The summed E-state index contributed by atoms with van der Waals surface area (Å²) < 4.78 is 11.7. The summed E-state index contributed by atoms with van der Waals surface area (Å²) in [4.78, 5) is 30.4. The van der Waals surface area contributed by atoms with E-state index in [1.54, 1.807) is 36.3 Å². The number of Topliss-reactive ketones (excluding diaryl/α,β-unsaturated/α-hetero) is 1. The van der Waals surface area contributed by atoms with Gasteiger partial charge in [-0.2, -0.15) is 0 Å². The summed E-state index contributed by atoms with van der Waals surface area (Å²) in [5.41, 5.74) is 3.27. The van der Waals surface area contributed by atoms with Crippen molar-refractivity contribution < 1.29 is 24.2 Å². The van der Waals surface area contributed by atoms with Crippen LogP contribution in [0.15, 0.2) is 78.4 Å². The first-order chi connectivity index (χ1) is 18.9. The molecule has 1 heterocycles. The predicted molar refractivity (Wildman–Crippen MR) is 152 cm³/mol. The van der Waals surface area contributed by atoms with Gasteiger partial charge in [-0.15, -0.1) is 0 Å². The number of rotatable bonds is 11. The van der Waals surface area contributed by atoms with Crippen LogP contribution in [0.2, 0.25) is 0 Å². The van der Waals surface area contributed by atoms with E-state index in [0.717, 1.165) is 24.2 Å². The van der Waals surface area contributed by atoms with E-state index in [-0.39, 0.29) is 11.3 Å². The number of aliphatic hydroxyl groups excluding tert-OH is 1. The van der Waals surface area contributed by atoms with Gasteiger partial charge in [0, 0.05) is 18.7 Å². The Hall–Kier alpha value is -4.10. The van der Waals surface area contributed by atoms with Gasteiger partial charge in [0.05, 0.1) is 18.7 Å². The number of aliphatic hydroxyl groups is 1. The molecule has 1 aliphatic heterocycles. The van der Waals surface area contributed by atoms with Crippen LogP contribution < -0.4 is 9.47 Å². The molecule has 1 atom stereocenters. The normalized spacial score (nSPS) is 16.6. The molecule has 0 radical (unpaired) electrons. The standard InChI is InChI=1S/C32H36N2O5/c1-5-33(6-2)18-19-34-29(28(31(36)32(34)37)30(35)24-14-12-22(3)13-15-24)25-16-17-26(27(20-25)38-4)39-21-23-10-8-7-9-11-23/h7-17,20,29,35H,5-6,18-19,21H2,1-4H3. The summed E-state index contributed by atoms with van der Waals surface area (Å²) in [6, 6.07) is 21.7. The van der Waals surface area contributed by atoms with Gasteiger partial charge in [0.15, 0.2) is 11.5 Å². The highest BCUT2D eigenvalue weighted by Gasteiger charge is 2.46. The molecule has 7 nitrogen and oxygen atoms in total. The van der Waals surface area contributed by atoms with Crippen LogP contribution in [0.3, 0.4) is 0 Å². The third-order valence-electron chi connectivity index (χ3n) is 7.16. The van der Waals surface area contributed by atoms with E-state index in [1.807, 2.05) is 55.5 Å². The van der Waals surface area contributed by atoms with Crippen molar-refractivity contribution in [1.29, 1.82) is 0 Å². The van der Waals surface area contributed by atoms with Gasteiger partial charge >= 0.3 is 0 Å². The van der Waals surface area contributed by atoms with Crippen molar-refractivity contribution in [2.75, 3.05) is 33.3 Å². The van der Waals surface area contributed by atoms with Gasteiger partial charge in [-0.05, 0) is 43.3 Å². The summed E-state index contributed by atoms with van der Waals surface area (Å²) in [5.74, 6) is -0.478. The minimum absolute atomic E-state index is 0.0726. The van der Waals surface area contributed by atoms with Gasteiger partial charge in [0.1, 0.15) is 12.4 Å². The van der Waals surface area contributed by atoms with Gasteiger partial charge in [-0.25, -0.2) is 0 Å². The molecule has 1 N–H and O–H groups in total. The lowest BCUT2D eigenvalue weighted by Crippen LogP contribution is -2.38. The molecule has 39 heavy (non-hydrogen) atoms. The molecule has 1 fully saturated rings. The van der Waals surface area contributed by atoms with Crippen molar-refractivity contribution in [3.8, 4) is 11.5 Å². The zero-order valence-electron chi connectivity index (χ0n) is 23.0. The Bertz CT molecular complexity index is 1330. The Balaban J connectivity index is 1.74. The number of carbonyl (C=O) groups excluding carboxylic acids is 2. The van der Waals surface area contributed by atoms with Crippen LogP contribution in [0, 0.1) is 6.92 Å². The highest BCUT2D eigenvalue weighted by molar-refractivity contribution is 6.46. The highest BCUT2D eigenvalue weighted by atomic mass is 16.5. The predicted octanol–water partition coefficient (Wildman–Crippen LogP) is 5.35. The quantitative estimate of drug-likeness (QED) is 0.205. The smallest absolute Gasteiger partial charge is 0.295 e. The molecule has 0 aromatic heterocycles. The summed E-state index contributed by atoms with van der Waals surface area (Å²) in [7, 11) is 1.55. The zero-order valence-corrected chi connectivity index (χ0v) is 23.0. The molecule has 0 saturated carbocycles.